The number of benzene rings is 9. The Balaban J connectivity index is 0.000000334. The van der Waals surface area contributed by atoms with Gasteiger partial charge in [-0.25, -0.2) is 0 Å². The van der Waals surface area contributed by atoms with Crippen molar-refractivity contribution in [2.45, 2.75) is 13.8 Å². The molecule has 59 heavy (non-hydrogen) atoms. The van der Waals surface area contributed by atoms with Gasteiger partial charge in [0.05, 0.1) is 27.6 Å². The van der Waals surface area contributed by atoms with E-state index in [4.69, 9.17) is 0 Å². The van der Waals surface area contributed by atoms with Crippen molar-refractivity contribution >= 4 is 108 Å². The zero-order valence-corrected chi connectivity index (χ0v) is 33.6. The fourth-order valence-corrected chi connectivity index (χ4v) is 10.9. The van der Waals surface area contributed by atoms with Crippen LogP contribution in [0.3, 0.4) is 0 Å². The molecule has 0 atom stereocenters. The molecule has 0 saturated heterocycles. The lowest BCUT2D eigenvalue weighted by molar-refractivity contribution is 1.18. The van der Waals surface area contributed by atoms with E-state index >= 15 is 0 Å². The van der Waals surface area contributed by atoms with E-state index in [-0.39, 0.29) is 0 Å². The van der Waals surface area contributed by atoms with E-state index in [1.807, 2.05) is 17.4 Å². The highest BCUT2D eigenvalue weighted by Gasteiger charge is 2.21. The molecule has 0 unspecified atom stereocenters. The van der Waals surface area contributed by atoms with Gasteiger partial charge < -0.3 is 8.97 Å². The average molecular weight is 771 g/mol. The molecular formula is C56H38N2S. The van der Waals surface area contributed by atoms with Gasteiger partial charge in [0.15, 0.2) is 0 Å². The molecule has 9 aromatic carbocycles. The van der Waals surface area contributed by atoms with Gasteiger partial charge in [-0.1, -0.05) is 146 Å². The SMILES string of the molecule is C/C=C(\C)c1ccccc1.c1ccc(-n2c3ccccc3c3ccc(-c4ccc5c(c4)c4cccc6c7c8ccc9c%10ccccc%10sc9c8ccc7n5c46)cc32)cc1. The Bertz CT molecular complexity index is 3790. The van der Waals surface area contributed by atoms with Crippen LogP contribution in [0.25, 0.3) is 113 Å². The van der Waals surface area contributed by atoms with Crippen LogP contribution in [-0.4, -0.2) is 8.97 Å². The lowest BCUT2D eigenvalue weighted by atomic mass is 9.99. The van der Waals surface area contributed by atoms with Crippen LogP contribution in [0, 0.1) is 0 Å². The second-order valence-electron chi connectivity index (χ2n) is 15.6. The lowest BCUT2D eigenvalue weighted by Gasteiger charge is -2.09. The molecule has 0 aliphatic heterocycles. The third-order valence-electron chi connectivity index (χ3n) is 12.5. The van der Waals surface area contributed by atoms with Gasteiger partial charge in [0.25, 0.3) is 0 Å². The largest absolute Gasteiger partial charge is 0.309 e. The second kappa shape index (κ2) is 13.2. The number of hydrogen-bond donors (Lipinski definition) is 0. The maximum absolute atomic E-state index is 2.50. The molecule has 3 heteroatoms. The summed E-state index contributed by atoms with van der Waals surface area (Å²) < 4.78 is 7.63. The van der Waals surface area contributed by atoms with Crippen LogP contribution in [-0.2, 0) is 0 Å². The van der Waals surface area contributed by atoms with Gasteiger partial charge >= 0.3 is 0 Å². The van der Waals surface area contributed by atoms with E-state index in [0.717, 1.165) is 0 Å². The van der Waals surface area contributed by atoms with Gasteiger partial charge in [0, 0.05) is 63.6 Å². The quantitative estimate of drug-likeness (QED) is 0.169. The van der Waals surface area contributed by atoms with Crippen LogP contribution < -0.4 is 0 Å². The van der Waals surface area contributed by atoms with Crippen LogP contribution in [0.5, 0.6) is 0 Å². The first kappa shape index (κ1) is 33.9. The lowest BCUT2D eigenvalue weighted by Crippen LogP contribution is -1.93. The van der Waals surface area contributed by atoms with Crippen LogP contribution in [0.1, 0.15) is 19.4 Å². The minimum Gasteiger partial charge on any atom is -0.309 e. The third kappa shape index (κ3) is 5.05. The van der Waals surface area contributed by atoms with Gasteiger partial charge in [-0.15, -0.1) is 11.3 Å². The number of aromatic nitrogens is 2. The maximum atomic E-state index is 2.50. The molecule has 278 valence electrons. The Labute approximate surface area is 345 Å². The molecule has 0 spiro atoms. The van der Waals surface area contributed by atoms with E-state index in [1.54, 1.807) is 0 Å². The minimum absolute atomic E-state index is 1.18. The number of nitrogens with zero attached hydrogens (tertiary/aromatic N) is 2. The molecule has 0 amide bonds. The van der Waals surface area contributed by atoms with E-state index in [2.05, 4.69) is 211 Å². The molecule has 0 saturated carbocycles. The molecule has 4 aromatic heterocycles. The highest BCUT2D eigenvalue weighted by atomic mass is 32.1. The molecule has 13 rings (SSSR count). The Hall–Kier alpha value is -7.20. The second-order valence-corrected chi connectivity index (χ2v) is 16.7. The summed E-state index contributed by atoms with van der Waals surface area (Å²) in [5.41, 5.74) is 12.6. The van der Waals surface area contributed by atoms with Gasteiger partial charge in [0.2, 0.25) is 0 Å². The summed E-state index contributed by atoms with van der Waals surface area (Å²) in [6.07, 6.45) is 2.12. The normalized spacial score (nSPS) is 12.3. The number of para-hydroxylation sites is 3. The fraction of sp³-hybridized carbons (Fsp3) is 0.0357. The van der Waals surface area contributed by atoms with Gasteiger partial charge in [-0.2, -0.15) is 0 Å². The number of hydrogen-bond acceptors (Lipinski definition) is 1. The average Bonchev–Trinajstić information content (AvgIpc) is 4.05. The Morgan fingerprint density at radius 2 is 1.05 bits per heavy atom. The fourth-order valence-electron chi connectivity index (χ4n) is 9.62. The predicted octanol–water partition coefficient (Wildman–Crippen LogP) is 16.2. The molecule has 0 N–H and O–H groups in total. The standard InChI is InChI=1S/C46H26N2S.C10H12/c1-2-9-29(10-3-1)47-39-15-6-4-11-30(39)31-19-17-28(26-42(31)47)27-18-23-40-38(25-27)34-13-8-14-37-44-33-20-21-35-32-12-5-7-16-43(32)49-46(35)36(33)22-24-41(44)48(40)45(34)37;1-3-9(2)10-7-5-4-6-8-10/h1-26H;3-8H,1-2H3/b;9-3+. The highest BCUT2D eigenvalue weighted by Crippen LogP contribution is 2.46. The molecule has 0 aliphatic carbocycles. The zero-order valence-electron chi connectivity index (χ0n) is 32.8. The summed E-state index contributed by atoms with van der Waals surface area (Å²) in [7, 11) is 0. The predicted molar refractivity (Wildman–Crippen MR) is 257 cm³/mol. The van der Waals surface area contributed by atoms with Gasteiger partial charge in [0.1, 0.15) is 0 Å². The number of rotatable bonds is 3. The van der Waals surface area contributed by atoms with Crippen molar-refractivity contribution in [2.75, 3.05) is 0 Å². The summed E-state index contributed by atoms with van der Waals surface area (Å²) in [5, 5.41) is 13.2. The van der Waals surface area contributed by atoms with E-state index < -0.39 is 0 Å². The van der Waals surface area contributed by atoms with E-state index in [0.29, 0.717) is 0 Å². The maximum Gasteiger partial charge on any atom is 0.0620 e. The van der Waals surface area contributed by atoms with E-state index in [1.165, 1.54) is 119 Å². The van der Waals surface area contributed by atoms with Crippen molar-refractivity contribution in [3.63, 3.8) is 0 Å². The molecule has 0 radical (unpaired) electrons. The smallest absolute Gasteiger partial charge is 0.0620 e. The Morgan fingerprint density at radius 1 is 0.441 bits per heavy atom. The number of allylic oxidation sites excluding steroid dienone is 2. The highest BCUT2D eigenvalue weighted by molar-refractivity contribution is 7.26. The van der Waals surface area contributed by atoms with Crippen LogP contribution >= 0.6 is 11.3 Å². The van der Waals surface area contributed by atoms with Crippen molar-refractivity contribution in [3.05, 3.63) is 200 Å². The van der Waals surface area contributed by atoms with Crippen molar-refractivity contribution in [1.82, 2.24) is 8.97 Å². The molecule has 0 aliphatic rings. The van der Waals surface area contributed by atoms with E-state index in [9.17, 15) is 0 Å². The summed E-state index contributed by atoms with van der Waals surface area (Å²) in [5.74, 6) is 0. The van der Waals surface area contributed by atoms with Gasteiger partial charge in [-0.3, -0.25) is 0 Å². The number of thiophene rings is 1. The van der Waals surface area contributed by atoms with Crippen LogP contribution in [0.4, 0.5) is 0 Å². The van der Waals surface area contributed by atoms with Crippen molar-refractivity contribution in [2.24, 2.45) is 0 Å². The Morgan fingerprint density at radius 3 is 1.90 bits per heavy atom. The summed E-state index contributed by atoms with van der Waals surface area (Å²) in [6.45, 7) is 4.18. The molecule has 4 heterocycles. The molecular weight excluding hydrogens is 733 g/mol. The molecule has 0 fully saturated rings. The summed E-state index contributed by atoms with van der Waals surface area (Å²) in [4.78, 5) is 0. The van der Waals surface area contributed by atoms with Crippen LogP contribution in [0.15, 0.2) is 194 Å². The van der Waals surface area contributed by atoms with Crippen molar-refractivity contribution in [3.8, 4) is 16.8 Å². The van der Waals surface area contributed by atoms with Crippen molar-refractivity contribution < 1.29 is 0 Å². The first-order valence-electron chi connectivity index (χ1n) is 20.4. The molecule has 13 aromatic rings. The van der Waals surface area contributed by atoms with Crippen molar-refractivity contribution in [1.29, 1.82) is 0 Å². The molecule has 2 nitrogen and oxygen atoms in total. The summed E-state index contributed by atoms with van der Waals surface area (Å²) in [6, 6.07) is 68.9. The summed E-state index contributed by atoms with van der Waals surface area (Å²) >= 11 is 1.91. The van der Waals surface area contributed by atoms with Gasteiger partial charge in [-0.05, 0) is 90.0 Å². The zero-order chi connectivity index (χ0) is 39.2. The topological polar surface area (TPSA) is 9.34 Å². The Kier molecular flexibility index (Phi) is 7.57. The van der Waals surface area contributed by atoms with Crippen LogP contribution in [0.2, 0.25) is 0 Å². The first-order valence-corrected chi connectivity index (χ1v) is 21.2. The minimum atomic E-state index is 1.18. The first-order chi connectivity index (χ1) is 29.2. The monoisotopic (exact) mass is 770 g/mol. The number of fused-ring (bicyclic) bond motifs is 15. The molecule has 0 bridgehead atoms. The third-order valence-corrected chi connectivity index (χ3v) is 13.7.